The maximum atomic E-state index is 12.4. The smallest absolute Gasteiger partial charge is 0.294 e. The predicted octanol–water partition coefficient (Wildman–Crippen LogP) is 4.13. The molecule has 4 fully saturated rings. The van der Waals surface area contributed by atoms with Crippen LogP contribution in [0.25, 0.3) is 0 Å². The number of urea groups is 1. The van der Waals surface area contributed by atoms with Gasteiger partial charge in [0.05, 0.1) is 5.70 Å². The van der Waals surface area contributed by atoms with E-state index in [1.807, 2.05) is 4.90 Å². The lowest BCUT2D eigenvalue weighted by atomic mass is 9.54. The van der Waals surface area contributed by atoms with E-state index in [0.717, 1.165) is 35.8 Å². The van der Waals surface area contributed by atoms with Crippen LogP contribution in [0.15, 0.2) is 11.9 Å². The van der Waals surface area contributed by atoms with Crippen LogP contribution in [0.5, 0.6) is 0 Å². The van der Waals surface area contributed by atoms with Crippen LogP contribution in [0, 0.1) is 29.1 Å². The molecule has 0 N–H and O–H groups in total. The van der Waals surface area contributed by atoms with Crippen LogP contribution in [-0.2, 0) is 0 Å². The minimum atomic E-state index is 0.00623. The molecule has 5 aliphatic rings. The second-order valence-corrected chi connectivity index (χ2v) is 9.08. The van der Waals surface area contributed by atoms with Crippen molar-refractivity contribution in [3.8, 4) is 0 Å². The Morgan fingerprint density at radius 3 is 2.19 bits per heavy atom. The van der Waals surface area contributed by atoms with E-state index in [9.17, 15) is 4.79 Å². The Bertz CT molecular complexity index is 460. The van der Waals surface area contributed by atoms with Crippen molar-refractivity contribution in [2.24, 2.45) is 29.1 Å². The summed E-state index contributed by atoms with van der Waals surface area (Å²) in [7, 11) is 0. The van der Waals surface area contributed by atoms with Gasteiger partial charge in [-0.25, -0.2) is 4.79 Å². The second-order valence-electron chi connectivity index (χ2n) is 9.08. The van der Waals surface area contributed by atoms with Gasteiger partial charge in [0.1, 0.15) is 0 Å². The SMILES string of the molecule is CC(C)(C)CC1=CN(C2C3CC4CC(C3)CC2C4)C(=O)[N]1. The standard InChI is InChI=1S/C18H27N2O/c1-18(2,3)9-15-10-20(17(21)19-15)16-13-5-11-4-12(7-13)8-14(16)6-11/h10-14,16H,4-9H2,1-3H3. The fourth-order valence-electron chi connectivity index (χ4n) is 5.62. The Morgan fingerprint density at radius 2 is 1.67 bits per heavy atom. The van der Waals surface area contributed by atoms with Crippen LogP contribution in [0.1, 0.15) is 59.3 Å². The highest BCUT2D eigenvalue weighted by atomic mass is 16.2. The Kier molecular flexibility index (Phi) is 2.93. The van der Waals surface area contributed by atoms with Crippen molar-refractivity contribution < 1.29 is 4.79 Å². The van der Waals surface area contributed by atoms with Crippen molar-refractivity contribution in [1.29, 1.82) is 0 Å². The molecule has 1 radical (unpaired) electrons. The maximum Gasteiger partial charge on any atom is 0.348 e. The Balaban J connectivity index is 1.55. The van der Waals surface area contributed by atoms with Crippen molar-refractivity contribution in [3.05, 3.63) is 11.9 Å². The lowest BCUT2D eigenvalue weighted by molar-refractivity contribution is -0.0382. The van der Waals surface area contributed by atoms with Gasteiger partial charge in [-0.1, -0.05) is 20.8 Å². The van der Waals surface area contributed by atoms with Gasteiger partial charge in [0.25, 0.3) is 0 Å². The highest BCUT2D eigenvalue weighted by Gasteiger charge is 2.51. The van der Waals surface area contributed by atoms with Crippen molar-refractivity contribution >= 4 is 6.03 Å². The Labute approximate surface area is 128 Å². The number of carbonyl (C=O) groups is 1. The zero-order chi connectivity index (χ0) is 14.8. The van der Waals surface area contributed by atoms with E-state index >= 15 is 0 Å². The molecule has 115 valence electrons. The molecule has 1 aliphatic heterocycles. The molecular formula is C18H27N2O. The second kappa shape index (κ2) is 4.50. The molecule has 0 unspecified atom stereocenters. The summed E-state index contributed by atoms with van der Waals surface area (Å²) in [5.41, 5.74) is 1.18. The molecular weight excluding hydrogens is 260 g/mol. The third-order valence-electron chi connectivity index (χ3n) is 5.96. The normalized spacial score (nSPS) is 41.5. The Morgan fingerprint density at radius 1 is 1.10 bits per heavy atom. The number of carbonyl (C=O) groups excluding carboxylic acids is 1. The molecule has 0 aromatic carbocycles. The summed E-state index contributed by atoms with van der Waals surface area (Å²) in [6.07, 6.45) is 9.84. The average molecular weight is 287 g/mol. The molecule has 0 aromatic rings. The zero-order valence-electron chi connectivity index (χ0n) is 13.5. The fourth-order valence-corrected chi connectivity index (χ4v) is 5.62. The average Bonchev–Trinajstić information content (AvgIpc) is 2.66. The minimum Gasteiger partial charge on any atom is -0.294 e. The van der Waals surface area contributed by atoms with E-state index in [-0.39, 0.29) is 11.4 Å². The van der Waals surface area contributed by atoms with Crippen molar-refractivity contribution in [3.63, 3.8) is 0 Å². The monoisotopic (exact) mass is 287 g/mol. The van der Waals surface area contributed by atoms with Crippen molar-refractivity contribution in [2.45, 2.75) is 65.3 Å². The summed E-state index contributed by atoms with van der Waals surface area (Å²) in [6, 6.07) is 0.457. The first-order valence-corrected chi connectivity index (χ1v) is 8.64. The minimum absolute atomic E-state index is 0.00623. The molecule has 0 saturated heterocycles. The molecule has 0 atom stereocenters. The number of allylic oxidation sites excluding steroid dienone is 1. The summed E-state index contributed by atoms with van der Waals surface area (Å²) in [6.45, 7) is 6.62. The van der Waals surface area contributed by atoms with Gasteiger partial charge in [0, 0.05) is 12.2 Å². The third-order valence-corrected chi connectivity index (χ3v) is 5.96. The van der Waals surface area contributed by atoms with Crippen LogP contribution in [0.3, 0.4) is 0 Å². The molecule has 3 nitrogen and oxygen atoms in total. The summed E-state index contributed by atoms with van der Waals surface area (Å²) >= 11 is 0. The molecule has 5 rings (SSSR count). The van der Waals surface area contributed by atoms with Gasteiger partial charge >= 0.3 is 6.03 Å². The molecule has 4 saturated carbocycles. The first-order chi connectivity index (χ1) is 9.89. The molecule has 4 aliphatic carbocycles. The largest absolute Gasteiger partial charge is 0.348 e. The highest BCUT2D eigenvalue weighted by Crippen LogP contribution is 2.55. The van der Waals surface area contributed by atoms with E-state index in [1.54, 1.807) is 0 Å². The van der Waals surface area contributed by atoms with Crippen LogP contribution in [-0.4, -0.2) is 17.0 Å². The van der Waals surface area contributed by atoms with Crippen molar-refractivity contribution in [2.75, 3.05) is 0 Å². The molecule has 0 spiro atoms. The molecule has 0 aromatic heterocycles. The lowest BCUT2D eigenvalue weighted by Gasteiger charge is -2.55. The van der Waals surface area contributed by atoms with Crippen LogP contribution in [0.4, 0.5) is 4.79 Å². The summed E-state index contributed by atoms with van der Waals surface area (Å²) in [5, 5.41) is 4.34. The predicted molar refractivity (Wildman–Crippen MR) is 82.4 cm³/mol. The molecule has 21 heavy (non-hydrogen) atoms. The van der Waals surface area contributed by atoms with Gasteiger partial charge < -0.3 is 0 Å². The maximum absolute atomic E-state index is 12.4. The van der Waals surface area contributed by atoms with Crippen LogP contribution in [0.2, 0.25) is 0 Å². The molecule has 3 heteroatoms. The van der Waals surface area contributed by atoms with Gasteiger partial charge in [-0.15, -0.1) is 0 Å². The van der Waals surface area contributed by atoms with Crippen LogP contribution >= 0.6 is 0 Å². The summed E-state index contributed by atoms with van der Waals surface area (Å²) in [5.74, 6) is 3.39. The Hall–Kier alpha value is -0.990. The van der Waals surface area contributed by atoms with Crippen molar-refractivity contribution in [1.82, 2.24) is 10.2 Å². The van der Waals surface area contributed by atoms with Gasteiger partial charge in [-0.05, 0) is 67.6 Å². The van der Waals surface area contributed by atoms with E-state index in [2.05, 4.69) is 32.3 Å². The van der Waals surface area contributed by atoms with E-state index in [1.165, 1.54) is 32.1 Å². The number of hydrogen-bond acceptors (Lipinski definition) is 1. The molecule has 2 amide bonds. The highest BCUT2D eigenvalue weighted by molar-refractivity contribution is 5.80. The molecule has 1 heterocycles. The van der Waals surface area contributed by atoms with Crippen LogP contribution < -0.4 is 5.32 Å². The number of amides is 2. The third kappa shape index (κ3) is 2.39. The quantitative estimate of drug-likeness (QED) is 0.752. The first-order valence-electron chi connectivity index (χ1n) is 8.64. The van der Waals surface area contributed by atoms with E-state index < -0.39 is 0 Å². The molecule has 4 bridgehead atoms. The van der Waals surface area contributed by atoms with Gasteiger partial charge in [0.2, 0.25) is 0 Å². The summed E-state index contributed by atoms with van der Waals surface area (Å²) < 4.78 is 0. The number of nitrogens with zero attached hydrogens (tertiary/aromatic N) is 2. The summed E-state index contributed by atoms with van der Waals surface area (Å²) in [4.78, 5) is 14.4. The van der Waals surface area contributed by atoms with Gasteiger partial charge in [-0.3, -0.25) is 4.90 Å². The van der Waals surface area contributed by atoms with Gasteiger partial charge in [0.15, 0.2) is 0 Å². The first kappa shape index (κ1) is 13.7. The topological polar surface area (TPSA) is 34.4 Å². The van der Waals surface area contributed by atoms with E-state index in [0.29, 0.717) is 6.04 Å². The number of hydrogen-bond donors (Lipinski definition) is 0. The fraction of sp³-hybridized carbons (Fsp3) is 0.833. The number of rotatable bonds is 2. The zero-order valence-corrected chi connectivity index (χ0v) is 13.5. The lowest BCUT2D eigenvalue weighted by Crippen LogP contribution is -2.55. The van der Waals surface area contributed by atoms with E-state index in [4.69, 9.17) is 0 Å². The van der Waals surface area contributed by atoms with Gasteiger partial charge in [-0.2, -0.15) is 5.32 Å².